The zero-order chi connectivity index (χ0) is 56.0. The number of rotatable bonds is 12. The minimum Gasteiger partial charge on any atom is -0.480 e. The van der Waals surface area contributed by atoms with Crippen molar-refractivity contribution in [3.63, 3.8) is 0 Å². The van der Waals surface area contributed by atoms with Crippen LogP contribution in [0.3, 0.4) is 0 Å². The first kappa shape index (κ1) is 58.1. The lowest BCUT2D eigenvalue weighted by Gasteiger charge is -2.28. The van der Waals surface area contributed by atoms with Gasteiger partial charge in [0.25, 0.3) is 11.1 Å². The maximum atomic E-state index is 13.1. The second-order valence-electron chi connectivity index (χ2n) is 20.8. The zero-order valence-corrected chi connectivity index (χ0v) is 45.0. The Labute approximate surface area is 434 Å². The summed E-state index contributed by atoms with van der Waals surface area (Å²) < 4.78 is 20.6. The predicted molar refractivity (Wildman–Crippen MR) is 277 cm³/mol. The van der Waals surface area contributed by atoms with Crippen molar-refractivity contribution in [1.29, 1.82) is 0 Å². The molecule has 4 unspecified atom stereocenters. The van der Waals surface area contributed by atoms with Gasteiger partial charge in [-0.25, -0.2) is 28.8 Å². The summed E-state index contributed by atoms with van der Waals surface area (Å²) in [5, 5.41) is 15.0. The Balaban J connectivity index is 0.000000277. The van der Waals surface area contributed by atoms with Gasteiger partial charge in [0.15, 0.2) is 0 Å². The molecule has 22 nitrogen and oxygen atoms in total. The van der Waals surface area contributed by atoms with Crippen molar-refractivity contribution in [2.75, 3.05) is 20.2 Å². The van der Waals surface area contributed by atoms with Crippen molar-refractivity contribution in [2.24, 2.45) is 28.2 Å². The topological polar surface area (TPSA) is 269 Å². The SMILES string of the molecule is COC(=O)C(Cc1ccc(-c2c(C)n(C)c(=O)n(C)c2=O)cc1)NC(=O)C1CCCN1C(=O)OC(C)(C)C.Cc1c(-c2ccc(CC(NC(=O)C3CCCN3C(=O)OC(C)(C)C)C(=O)O)cc2)c(=O)n(C)c(=O)n1C. The molecule has 4 aromatic rings. The largest absolute Gasteiger partial charge is 0.480 e. The summed E-state index contributed by atoms with van der Waals surface area (Å²) in [6, 6.07) is 9.98. The van der Waals surface area contributed by atoms with Crippen LogP contribution in [-0.4, -0.2) is 125 Å². The van der Waals surface area contributed by atoms with E-state index in [0.29, 0.717) is 78.0 Å². The number of carbonyl (C=O) groups is 6. The van der Waals surface area contributed by atoms with Crippen molar-refractivity contribution < 1.29 is 48.1 Å². The Kier molecular flexibility index (Phi) is 18.3. The Morgan fingerprint density at radius 1 is 0.587 bits per heavy atom. The molecule has 4 heterocycles. The number of esters is 1. The number of carboxylic acids is 1. The Morgan fingerprint density at radius 2 is 0.933 bits per heavy atom. The molecule has 3 N–H and O–H groups in total. The van der Waals surface area contributed by atoms with Crippen molar-refractivity contribution in [1.82, 2.24) is 38.7 Å². The molecule has 2 aliphatic rings. The molecular weight excluding hydrogens is 973 g/mol. The molecule has 2 saturated heterocycles. The first-order valence-corrected chi connectivity index (χ1v) is 24.6. The predicted octanol–water partition coefficient (Wildman–Crippen LogP) is 3.23. The first-order chi connectivity index (χ1) is 35.0. The molecule has 2 aliphatic heterocycles. The monoisotopic (exact) mass is 1040 g/mol. The zero-order valence-electron chi connectivity index (χ0n) is 45.0. The van der Waals surface area contributed by atoms with Crippen LogP contribution in [0.4, 0.5) is 9.59 Å². The molecule has 2 aromatic heterocycles. The number of hydrogen-bond donors (Lipinski definition) is 3. The molecule has 406 valence electrons. The summed E-state index contributed by atoms with van der Waals surface area (Å²) in [5.41, 5.74) is 1.35. The van der Waals surface area contributed by atoms with E-state index in [1.165, 1.54) is 40.1 Å². The van der Waals surface area contributed by atoms with Crippen molar-refractivity contribution in [2.45, 2.75) is 129 Å². The smallest absolute Gasteiger partial charge is 0.410 e. The van der Waals surface area contributed by atoms with Crippen LogP contribution in [0.1, 0.15) is 89.7 Å². The molecule has 0 aliphatic carbocycles. The highest BCUT2D eigenvalue weighted by atomic mass is 16.6. The van der Waals surface area contributed by atoms with E-state index in [9.17, 15) is 53.1 Å². The third-order valence-electron chi connectivity index (χ3n) is 13.1. The minimum atomic E-state index is -1.22. The van der Waals surface area contributed by atoms with Crippen LogP contribution in [0.25, 0.3) is 22.3 Å². The van der Waals surface area contributed by atoms with Gasteiger partial charge in [0.2, 0.25) is 11.8 Å². The fraction of sp³-hybridized carbons (Fsp3) is 0.509. The fourth-order valence-corrected chi connectivity index (χ4v) is 8.87. The van der Waals surface area contributed by atoms with Crippen LogP contribution < -0.4 is 33.1 Å². The average molecular weight is 1040 g/mol. The molecule has 75 heavy (non-hydrogen) atoms. The van der Waals surface area contributed by atoms with Gasteiger partial charge in [-0.05, 0) is 103 Å². The van der Waals surface area contributed by atoms with Gasteiger partial charge in [0.05, 0.1) is 18.2 Å². The molecular formula is C53H70N8O14. The second-order valence-corrected chi connectivity index (χ2v) is 20.8. The Morgan fingerprint density at radius 3 is 1.27 bits per heavy atom. The number of aromatic nitrogens is 4. The highest BCUT2D eigenvalue weighted by Crippen LogP contribution is 2.25. The lowest BCUT2D eigenvalue weighted by atomic mass is 10.00. The third-order valence-corrected chi connectivity index (χ3v) is 13.1. The Hall–Kier alpha value is -7.78. The second kappa shape index (κ2) is 23.6. The lowest BCUT2D eigenvalue weighted by Crippen LogP contribution is -2.52. The maximum absolute atomic E-state index is 13.1. The normalized spacial score (nSPS) is 16.3. The van der Waals surface area contributed by atoms with Gasteiger partial charge < -0.3 is 39.1 Å². The van der Waals surface area contributed by atoms with E-state index in [-0.39, 0.29) is 12.8 Å². The number of likely N-dealkylation sites (tertiary alicyclic amines) is 2. The standard InChI is InChI=1S/C27H36N4O7.C26H34N4O7/c1-16-21(23(33)30(6)25(35)29(16)5)18-12-10-17(11-13-18)15-19(24(34)37-7)28-22(32)20-9-8-14-31(20)26(36)38-27(2,3)4;1-15-20(22(32)29(6)24(35)28(15)5)17-11-9-16(10-12-17)14-18(23(33)34)27-21(31)19-8-7-13-30(19)25(36)37-26(2,3)4/h10-13,19-20H,8-9,14-15H2,1-7H3,(H,28,32);9-12,18-19H,7-8,13-14H2,1-6H3,(H,27,31)(H,33,34). The highest BCUT2D eigenvalue weighted by Gasteiger charge is 2.40. The van der Waals surface area contributed by atoms with Crippen LogP contribution in [0.5, 0.6) is 0 Å². The van der Waals surface area contributed by atoms with E-state index < -0.39 is 93.8 Å². The number of benzene rings is 2. The van der Waals surface area contributed by atoms with E-state index in [1.807, 2.05) is 0 Å². The molecule has 4 atom stereocenters. The van der Waals surface area contributed by atoms with Crippen molar-refractivity contribution in [3.8, 4) is 22.3 Å². The van der Waals surface area contributed by atoms with E-state index in [0.717, 1.165) is 14.7 Å². The molecule has 0 spiro atoms. The van der Waals surface area contributed by atoms with Gasteiger partial charge in [-0.1, -0.05) is 48.5 Å². The lowest BCUT2D eigenvalue weighted by molar-refractivity contribution is -0.145. The van der Waals surface area contributed by atoms with Crippen LogP contribution in [0.2, 0.25) is 0 Å². The van der Waals surface area contributed by atoms with Crippen LogP contribution in [-0.2, 0) is 74.4 Å². The highest BCUT2D eigenvalue weighted by molar-refractivity contribution is 5.91. The number of methoxy groups -OCH3 is 1. The first-order valence-electron chi connectivity index (χ1n) is 24.6. The van der Waals surface area contributed by atoms with Gasteiger partial charge in [0, 0.05) is 65.5 Å². The number of carboxylic acid groups (broad SMARTS) is 1. The molecule has 6 rings (SSSR count). The van der Waals surface area contributed by atoms with Crippen LogP contribution in [0, 0.1) is 13.8 Å². The minimum absolute atomic E-state index is 0.00474. The molecule has 4 amide bonds. The quantitative estimate of drug-likeness (QED) is 0.136. The summed E-state index contributed by atoms with van der Waals surface area (Å²) in [7, 11) is 7.28. The maximum Gasteiger partial charge on any atom is 0.410 e. The van der Waals surface area contributed by atoms with Gasteiger partial charge in [-0.15, -0.1) is 0 Å². The van der Waals surface area contributed by atoms with Crippen molar-refractivity contribution >= 4 is 35.9 Å². The molecule has 2 aromatic carbocycles. The summed E-state index contributed by atoms with van der Waals surface area (Å²) >= 11 is 0. The number of amides is 4. The van der Waals surface area contributed by atoms with E-state index in [4.69, 9.17) is 14.2 Å². The summed E-state index contributed by atoms with van der Waals surface area (Å²) in [4.78, 5) is 128. The number of ether oxygens (including phenoxy) is 3. The van der Waals surface area contributed by atoms with Gasteiger partial charge in [-0.2, -0.15) is 0 Å². The fourth-order valence-electron chi connectivity index (χ4n) is 8.87. The van der Waals surface area contributed by atoms with E-state index in [1.54, 1.807) is 118 Å². The molecule has 0 radical (unpaired) electrons. The Bertz CT molecular complexity index is 3070. The average Bonchev–Trinajstić information content (AvgIpc) is 4.06. The van der Waals surface area contributed by atoms with Gasteiger partial charge in [0.1, 0.15) is 35.4 Å². The number of carbonyl (C=O) groups excluding carboxylic acids is 5. The van der Waals surface area contributed by atoms with E-state index in [2.05, 4.69) is 10.6 Å². The van der Waals surface area contributed by atoms with Crippen molar-refractivity contribution in [3.05, 3.63) is 113 Å². The number of hydrogen-bond acceptors (Lipinski definition) is 13. The molecule has 22 heteroatoms. The van der Waals surface area contributed by atoms with Gasteiger partial charge >= 0.3 is 35.5 Å². The van der Waals surface area contributed by atoms with Crippen LogP contribution >= 0.6 is 0 Å². The molecule has 0 saturated carbocycles. The summed E-state index contributed by atoms with van der Waals surface area (Å²) in [6.45, 7) is 14.6. The molecule has 0 bridgehead atoms. The van der Waals surface area contributed by atoms with E-state index >= 15 is 0 Å². The third kappa shape index (κ3) is 13.9. The number of aliphatic carboxylic acids is 1. The summed E-state index contributed by atoms with van der Waals surface area (Å²) in [5.74, 6) is -2.82. The molecule has 2 fully saturated rings. The summed E-state index contributed by atoms with van der Waals surface area (Å²) in [6.07, 6.45) is 1.10. The number of nitrogens with one attached hydrogen (secondary N) is 2. The van der Waals surface area contributed by atoms with Crippen LogP contribution in [0.15, 0.2) is 67.7 Å². The number of nitrogens with zero attached hydrogens (tertiary/aromatic N) is 6. The van der Waals surface area contributed by atoms with Gasteiger partial charge in [-0.3, -0.25) is 38.1 Å².